The molecule has 18 heavy (non-hydrogen) atoms. The summed E-state index contributed by atoms with van der Waals surface area (Å²) in [5.74, 6) is 0.0821. The van der Waals surface area contributed by atoms with Crippen LogP contribution in [-0.4, -0.2) is 31.5 Å². The average Bonchev–Trinajstić information content (AvgIpc) is 2.33. The van der Waals surface area contributed by atoms with Crippen LogP contribution in [0.4, 0.5) is 4.39 Å². The lowest BCUT2D eigenvalue weighted by atomic mass is 10.1. The Morgan fingerprint density at radius 2 is 1.72 bits per heavy atom. The molecule has 1 aromatic carbocycles. The van der Waals surface area contributed by atoms with E-state index in [2.05, 4.69) is 13.8 Å². The van der Waals surface area contributed by atoms with Gasteiger partial charge in [0.05, 0.1) is 19.8 Å². The van der Waals surface area contributed by atoms with Crippen molar-refractivity contribution in [1.29, 1.82) is 0 Å². The monoisotopic (exact) mass is 256 g/mol. The van der Waals surface area contributed by atoms with Crippen LogP contribution in [0.1, 0.15) is 25.5 Å². The van der Waals surface area contributed by atoms with Crippen molar-refractivity contribution in [3.63, 3.8) is 0 Å². The molecule has 0 aromatic heterocycles. The second-order valence-corrected chi connectivity index (χ2v) is 4.58. The summed E-state index contributed by atoms with van der Waals surface area (Å²) in [6.45, 7) is 5.80. The maximum Gasteiger partial charge on any atom is 0.129 e. The van der Waals surface area contributed by atoms with Crippen molar-refractivity contribution in [2.24, 2.45) is 5.92 Å². The van der Waals surface area contributed by atoms with Gasteiger partial charge in [0.2, 0.25) is 0 Å². The van der Waals surface area contributed by atoms with Crippen molar-refractivity contribution in [3.05, 3.63) is 35.6 Å². The molecule has 0 aliphatic rings. The molecule has 0 fully saturated rings. The van der Waals surface area contributed by atoms with Crippen molar-refractivity contribution >= 4 is 0 Å². The fourth-order valence-corrected chi connectivity index (χ4v) is 1.47. The van der Waals surface area contributed by atoms with E-state index in [0.717, 1.165) is 0 Å². The SMILES string of the molecule is CC(C)COCCOCC(O)c1ccccc1F. The summed E-state index contributed by atoms with van der Waals surface area (Å²) in [4.78, 5) is 0. The van der Waals surface area contributed by atoms with Crippen molar-refractivity contribution in [1.82, 2.24) is 0 Å². The summed E-state index contributed by atoms with van der Waals surface area (Å²) >= 11 is 0. The Balaban J connectivity index is 2.18. The second kappa shape index (κ2) is 8.19. The van der Waals surface area contributed by atoms with Gasteiger partial charge in [-0.15, -0.1) is 0 Å². The lowest BCUT2D eigenvalue weighted by Gasteiger charge is -2.12. The molecule has 3 nitrogen and oxygen atoms in total. The Bertz CT molecular complexity index is 342. The number of rotatable bonds is 8. The Hall–Kier alpha value is -0.970. The standard InChI is InChI=1S/C14H21FO3/c1-11(2)9-17-7-8-18-10-14(16)12-5-3-4-6-13(12)15/h3-6,11,14,16H,7-10H2,1-2H3. The molecule has 0 saturated carbocycles. The topological polar surface area (TPSA) is 38.7 Å². The Morgan fingerprint density at radius 1 is 1.11 bits per heavy atom. The van der Waals surface area contributed by atoms with Crippen molar-refractivity contribution in [2.75, 3.05) is 26.4 Å². The molecular weight excluding hydrogens is 235 g/mol. The van der Waals surface area contributed by atoms with Gasteiger partial charge in [-0.1, -0.05) is 32.0 Å². The van der Waals surface area contributed by atoms with Crippen LogP contribution in [0.25, 0.3) is 0 Å². The van der Waals surface area contributed by atoms with Crippen LogP contribution in [0.3, 0.4) is 0 Å². The van der Waals surface area contributed by atoms with E-state index < -0.39 is 11.9 Å². The summed E-state index contributed by atoms with van der Waals surface area (Å²) < 4.78 is 23.9. The molecule has 102 valence electrons. The third kappa shape index (κ3) is 5.58. The quantitative estimate of drug-likeness (QED) is 0.726. The molecule has 4 heteroatoms. The Labute approximate surface area is 108 Å². The lowest BCUT2D eigenvalue weighted by molar-refractivity contribution is -0.00213. The highest BCUT2D eigenvalue weighted by atomic mass is 19.1. The van der Waals surface area contributed by atoms with Gasteiger partial charge < -0.3 is 14.6 Å². The van der Waals surface area contributed by atoms with Gasteiger partial charge in [-0.25, -0.2) is 4.39 Å². The molecule has 0 radical (unpaired) electrons. The van der Waals surface area contributed by atoms with Gasteiger partial charge in [0.25, 0.3) is 0 Å². The van der Waals surface area contributed by atoms with E-state index in [0.29, 0.717) is 25.7 Å². The van der Waals surface area contributed by atoms with Crippen LogP contribution in [0.5, 0.6) is 0 Å². The normalized spacial score (nSPS) is 12.9. The molecule has 0 amide bonds. The maximum atomic E-state index is 13.3. The summed E-state index contributed by atoms with van der Waals surface area (Å²) in [6, 6.07) is 6.16. The van der Waals surface area contributed by atoms with Crippen LogP contribution in [0.2, 0.25) is 0 Å². The number of halogens is 1. The first-order valence-electron chi connectivity index (χ1n) is 6.19. The highest BCUT2D eigenvalue weighted by molar-refractivity contribution is 5.19. The van der Waals surface area contributed by atoms with Gasteiger partial charge in [-0.2, -0.15) is 0 Å². The van der Waals surface area contributed by atoms with E-state index in [4.69, 9.17) is 9.47 Å². The maximum absolute atomic E-state index is 13.3. The molecule has 0 aliphatic carbocycles. The van der Waals surface area contributed by atoms with Gasteiger partial charge in [0, 0.05) is 12.2 Å². The van der Waals surface area contributed by atoms with Gasteiger partial charge >= 0.3 is 0 Å². The van der Waals surface area contributed by atoms with E-state index in [1.54, 1.807) is 18.2 Å². The number of aliphatic hydroxyl groups excluding tert-OH is 1. The van der Waals surface area contributed by atoms with Gasteiger partial charge in [-0.3, -0.25) is 0 Å². The van der Waals surface area contributed by atoms with Crippen LogP contribution < -0.4 is 0 Å². The van der Waals surface area contributed by atoms with E-state index in [-0.39, 0.29) is 12.2 Å². The van der Waals surface area contributed by atoms with Crippen molar-refractivity contribution in [3.8, 4) is 0 Å². The fourth-order valence-electron chi connectivity index (χ4n) is 1.47. The third-order valence-corrected chi connectivity index (χ3v) is 2.36. The Kier molecular flexibility index (Phi) is 6.86. The molecule has 0 aliphatic heterocycles. The zero-order chi connectivity index (χ0) is 13.4. The molecule has 0 bridgehead atoms. The minimum absolute atomic E-state index is 0.0754. The molecule has 1 unspecified atom stereocenters. The summed E-state index contributed by atoms with van der Waals surface area (Å²) in [7, 11) is 0. The molecule has 1 aromatic rings. The first kappa shape index (κ1) is 15.1. The third-order valence-electron chi connectivity index (χ3n) is 2.36. The highest BCUT2D eigenvalue weighted by Crippen LogP contribution is 2.16. The molecule has 1 atom stereocenters. The lowest BCUT2D eigenvalue weighted by Crippen LogP contribution is -2.13. The van der Waals surface area contributed by atoms with Crippen molar-refractivity contribution < 1.29 is 19.0 Å². The van der Waals surface area contributed by atoms with Crippen LogP contribution in [0, 0.1) is 11.7 Å². The van der Waals surface area contributed by atoms with Gasteiger partial charge in [-0.05, 0) is 12.0 Å². The number of aliphatic hydroxyl groups is 1. The number of hydrogen-bond donors (Lipinski definition) is 1. The zero-order valence-electron chi connectivity index (χ0n) is 10.9. The molecule has 1 N–H and O–H groups in total. The summed E-state index contributed by atoms with van der Waals surface area (Å²) in [5, 5.41) is 9.74. The molecule has 0 saturated heterocycles. The average molecular weight is 256 g/mol. The van der Waals surface area contributed by atoms with E-state index in [1.165, 1.54) is 6.07 Å². The number of hydrogen-bond acceptors (Lipinski definition) is 3. The Morgan fingerprint density at radius 3 is 2.33 bits per heavy atom. The van der Waals surface area contributed by atoms with E-state index in [1.807, 2.05) is 0 Å². The van der Waals surface area contributed by atoms with Gasteiger partial charge in [0.15, 0.2) is 0 Å². The minimum atomic E-state index is -0.934. The smallest absolute Gasteiger partial charge is 0.129 e. The molecular formula is C14H21FO3. The fraction of sp³-hybridized carbons (Fsp3) is 0.571. The number of ether oxygens (including phenoxy) is 2. The first-order valence-corrected chi connectivity index (χ1v) is 6.19. The zero-order valence-corrected chi connectivity index (χ0v) is 10.9. The van der Waals surface area contributed by atoms with Crippen LogP contribution in [-0.2, 0) is 9.47 Å². The summed E-state index contributed by atoms with van der Waals surface area (Å²) in [5.41, 5.74) is 0.264. The highest BCUT2D eigenvalue weighted by Gasteiger charge is 2.11. The molecule has 1 rings (SSSR count). The van der Waals surface area contributed by atoms with E-state index >= 15 is 0 Å². The number of benzene rings is 1. The molecule has 0 spiro atoms. The van der Waals surface area contributed by atoms with Crippen molar-refractivity contribution in [2.45, 2.75) is 20.0 Å². The first-order chi connectivity index (χ1) is 8.61. The van der Waals surface area contributed by atoms with E-state index in [9.17, 15) is 9.50 Å². The largest absolute Gasteiger partial charge is 0.386 e. The van der Waals surface area contributed by atoms with Crippen LogP contribution >= 0.6 is 0 Å². The predicted octanol–water partition coefficient (Wildman–Crippen LogP) is 2.55. The minimum Gasteiger partial charge on any atom is -0.386 e. The predicted molar refractivity (Wildman–Crippen MR) is 67.8 cm³/mol. The van der Waals surface area contributed by atoms with Crippen LogP contribution in [0.15, 0.2) is 24.3 Å². The molecule has 0 heterocycles. The summed E-state index contributed by atoms with van der Waals surface area (Å²) in [6.07, 6.45) is -0.934. The van der Waals surface area contributed by atoms with Gasteiger partial charge in [0.1, 0.15) is 11.9 Å². The second-order valence-electron chi connectivity index (χ2n) is 4.58.